The summed E-state index contributed by atoms with van der Waals surface area (Å²) in [5.74, 6) is 0.121. The minimum absolute atomic E-state index is 0.0907. The molecule has 0 aliphatic carbocycles. The second kappa shape index (κ2) is 5.45. The molecule has 0 aliphatic heterocycles. The Morgan fingerprint density at radius 2 is 2.05 bits per heavy atom. The zero-order chi connectivity index (χ0) is 14.9. The lowest BCUT2D eigenvalue weighted by atomic mass is 10.0. The van der Waals surface area contributed by atoms with Crippen LogP contribution in [0, 0.1) is 12.7 Å². The van der Waals surface area contributed by atoms with Crippen LogP contribution < -0.4 is 10.3 Å². The van der Waals surface area contributed by atoms with E-state index in [9.17, 15) is 9.18 Å². The van der Waals surface area contributed by atoms with Gasteiger partial charge in [-0.25, -0.2) is 9.37 Å². The minimum atomic E-state index is -0.488. The van der Waals surface area contributed by atoms with E-state index >= 15 is 0 Å². The summed E-state index contributed by atoms with van der Waals surface area (Å²) < 4.78 is 18.6. The van der Waals surface area contributed by atoms with Gasteiger partial charge in [0.15, 0.2) is 11.6 Å². The van der Waals surface area contributed by atoms with Crippen LogP contribution in [0.15, 0.2) is 23.0 Å². The van der Waals surface area contributed by atoms with Crippen molar-refractivity contribution in [3.05, 3.63) is 45.6 Å². The molecule has 1 N–H and O–H groups in total. The number of rotatable bonds is 3. The molecular formula is C15H17FN2O2. The van der Waals surface area contributed by atoms with Crippen molar-refractivity contribution >= 4 is 0 Å². The number of aryl methyl sites for hydroxylation is 1. The summed E-state index contributed by atoms with van der Waals surface area (Å²) in [6.07, 6.45) is 0. The monoisotopic (exact) mass is 276 g/mol. The van der Waals surface area contributed by atoms with Crippen molar-refractivity contribution in [3.8, 4) is 17.1 Å². The molecule has 0 radical (unpaired) electrons. The SMILES string of the molecule is COc1ccc(-c2nc(C)c(C(C)C)c(=O)[nH]2)cc1F. The maximum Gasteiger partial charge on any atom is 0.254 e. The first kappa shape index (κ1) is 14.2. The lowest BCUT2D eigenvalue weighted by Crippen LogP contribution is -2.18. The summed E-state index contributed by atoms with van der Waals surface area (Å²) in [5, 5.41) is 0. The number of H-pyrrole nitrogens is 1. The second-order valence-electron chi connectivity index (χ2n) is 4.92. The highest BCUT2D eigenvalue weighted by Gasteiger charge is 2.13. The number of hydrogen-bond donors (Lipinski definition) is 1. The molecule has 0 saturated heterocycles. The highest BCUT2D eigenvalue weighted by atomic mass is 19.1. The lowest BCUT2D eigenvalue weighted by molar-refractivity contribution is 0.386. The highest BCUT2D eigenvalue weighted by molar-refractivity contribution is 5.57. The topological polar surface area (TPSA) is 55.0 Å². The van der Waals surface area contributed by atoms with Crippen LogP contribution in [0.3, 0.4) is 0 Å². The molecule has 20 heavy (non-hydrogen) atoms. The molecule has 1 aromatic heterocycles. The predicted molar refractivity (Wildman–Crippen MR) is 75.6 cm³/mol. The van der Waals surface area contributed by atoms with Crippen molar-refractivity contribution < 1.29 is 9.13 Å². The first-order valence-corrected chi connectivity index (χ1v) is 6.38. The lowest BCUT2D eigenvalue weighted by Gasteiger charge is -2.10. The molecule has 0 amide bonds. The van der Waals surface area contributed by atoms with Crippen LogP contribution in [-0.2, 0) is 0 Å². The van der Waals surface area contributed by atoms with Crippen LogP contribution in [0.2, 0.25) is 0 Å². The largest absolute Gasteiger partial charge is 0.494 e. The Labute approximate surface area is 116 Å². The summed E-state index contributed by atoms with van der Waals surface area (Å²) >= 11 is 0. The fourth-order valence-electron chi connectivity index (χ4n) is 2.23. The third-order valence-corrected chi connectivity index (χ3v) is 3.15. The van der Waals surface area contributed by atoms with E-state index in [-0.39, 0.29) is 17.2 Å². The molecule has 4 nitrogen and oxygen atoms in total. The number of halogens is 1. The van der Waals surface area contributed by atoms with Gasteiger partial charge in [0.2, 0.25) is 0 Å². The molecule has 1 aromatic carbocycles. The number of ether oxygens (including phenoxy) is 1. The quantitative estimate of drug-likeness (QED) is 0.937. The first-order valence-electron chi connectivity index (χ1n) is 6.38. The number of methoxy groups -OCH3 is 1. The minimum Gasteiger partial charge on any atom is -0.494 e. The molecule has 2 rings (SSSR count). The highest BCUT2D eigenvalue weighted by Crippen LogP contribution is 2.23. The molecule has 0 saturated carbocycles. The van der Waals surface area contributed by atoms with Gasteiger partial charge in [-0.3, -0.25) is 4.79 Å². The van der Waals surface area contributed by atoms with Crippen LogP contribution >= 0.6 is 0 Å². The third kappa shape index (κ3) is 2.57. The standard InChI is InChI=1S/C15H17FN2O2/c1-8(2)13-9(3)17-14(18-15(13)19)10-5-6-12(20-4)11(16)7-10/h5-8H,1-4H3,(H,17,18,19). The molecule has 0 aliphatic rings. The van der Waals surface area contributed by atoms with Crippen LogP contribution in [-0.4, -0.2) is 17.1 Å². The molecule has 0 bridgehead atoms. The summed E-state index contributed by atoms with van der Waals surface area (Å²) in [7, 11) is 1.40. The molecular weight excluding hydrogens is 259 g/mol. The van der Waals surface area contributed by atoms with Crippen LogP contribution in [0.25, 0.3) is 11.4 Å². The molecule has 0 unspecified atom stereocenters. The summed E-state index contributed by atoms with van der Waals surface area (Å²) in [6.45, 7) is 5.66. The van der Waals surface area contributed by atoms with Crippen molar-refractivity contribution in [2.45, 2.75) is 26.7 Å². The number of benzene rings is 1. The van der Waals surface area contributed by atoms with Crippen molar-refractivity contribution in [2.75, 3.05) is 7.11 Å². The molecule has 0 atom stereocenters. The van der Waals surface area contributed by atoms with Gasteiger partial charge in [0.05, 0.1) is 7.11 Å². The van der Waals surface area contributed by atoms with Gasteiger partial charge in [0, 0.05) is 16.8 Å². The Hall–Kier alpha value is -2.17. The Morgan fingerprint density at radius 1 is 1.35 bits per heavy atom. The fourth-order valence-corrected chi connectivity index (χ4v) is 2.23. The Kier molecular flexibility index (Phi) is 3.88. The van der Waals surface area contributed by atoms with Gasteiger partial charge in [0.1, 0.15) is 5.82 Å². The van der Waals surface area contributed by atoms with Gasteiger partial charge >= 0.3 is 0 Å². The number of nitrogens with one attached hydrogen (secondary N) is 1. The third-order valence-electron chi connectivity index (χ3n) is 3.15. The second-order valence-corrected chi connectivity index (χ2v) is 4.92. The van der Waals surface area contributed by atoms with Gasteiger partial charge < -0.3 is 9.72 Å². The molecule has 106 valence electrons. The van der Waals surface area contributed by atoms with Crippen LogP contribution in [0.1, 0.15) is 31.0 Å². The van der Waals surface area contributed by atoms with Crippen LogP contribution in [0.5, 0.6) is 5.75 Å². The molecule has 1 heterocycles. The van der Waals surface area contributed by atoms with E-state index in [1.807, 2.05) is 13.8 Å². The van der Waals surface area contributed by atoms with E-state index in [0.29, 0.717) is 22.6 Å². The summed E-state index contributed by atoms with van der Waals surface area (Å²) in [6, 6.07) is 4.47. The maximum atomic E-state index is 13.7. The number of hydrogen-bond acceptors (Lipinski definition) is 3. The fraction of sp³-hybridized carbons (Fsp3) is 0.333. The number of nitrogens with zero attached hydrogens (tertiary/aromatic N) is 1. The van der Waals surface area contributed by atoms with Gasteiger partial charge in [-0.15, -0.1) is 0 Å². The zero-order valence-corrected chi connectivity index (χ0v) is 12.0. The number of aromatic amines is 1. The van der Waals surface area contributed by atoms with Gasteiger partial charge in [-0.05, 0) is 31.0 Å². The zero-order valence-electron chi connectivity index (χ0n) is 12.0. The van der Waals surface area contributed by atoms with Crippen molar-refractivity contribution in [3.63, 3.8) is 0 Å². The molecule has 2 aromatic rings. The van der Waals surface area contributed by atoms with Crippen LogP contribution in [0.4, 0.5) is 4.39 Å². The van der Waals surface area contributed by atoms with E-state index in [4.69, 9.17) is 4.74 Å². The average molecular weight is 276 g/mol. The predicted octanol–water partition coefficient (Wildman–Crippen LogP) is 3.02. The average Bonchev–Trinajstić information content (AvgIpc) is 2.37. The van der Waals surface area contributed by atoms with E-state index < -0.39 is 5.82 Å². The van der Waals surface area contributed by atoms with Crippen molar-refractivity contribution in [1.29, 1.82) is 0 Å². The van der Waals surface area contributed by atoms with E-state index in [1.165, 1.54) is 19.2 Å². The smallest absolute Gasteiger partial charge is 0.254 e. The Morgan fingerprint density at radius 3 is 2.55 bits per heavy atom. The molecule has 0 fully saturated rings. The summed E-state index contributed by atoms with van der Waals surface area (Å²) in [4.78, 5) is 19.1. The maximum absolute atomic E-state index is 13.7. The van der Waals surface area contributed by atoms with Crippen molar-refractivity contribution in [2.24, 2.45) is 0 Å². The molecule has 5 heteroatoms. The van der Waals surface area contributed by atoms with Gasteiger partial charge in [-0.1, -0.05) is 13.8 Å². The first-order chi connectivity index (χ1) is 9.43. The Bertz CT molecular complexity index is 693. The summed E-state index contributed by atoms with van der Waals surface area (Å²) in [5.41, 5.74) is 1.65. The van der Waals surface area contributed by atoms with Gasteiger partial charge in [-0.2, -0.15) is 0 Å². The van der Waals surface area contributed by atoms with Gasteiger partial charge in [0.25, 0.3) is 5.56 Å². The Balaban J connectivity index is 2.54. The van der Waals surface area contributed by atoms with E-state index in [1.54, 1.807) is 13.0 Å². The van der Waals surface area contributed by atoms with E-state index in [2.05, 4.69) is 9.97 Å². The normalized spacial score (nSPS) is 10.9. The number of aromatic nitrogens is 2. The van der Waals surface area contributed by atoms with Crippen molar-refractivity contribution in [1.82, 2.24) is 9.97 Å². The molecule has 0 spiro atoms. The van der Waals surface area contributed by atoms with E-state index in [0.717, 1.165) is 0 Å².